The molecule has 0 aromatic heterocycles. The van der Waals surface area contributed by atoms with Crippen molar-refractivity contribution in [1.29, 1.82) is 0 Å². The molecule has 0 N–H and O–H groups in total. The first-order valence-electron chi connectivity index (χ1n) is 9.94. The molecular formula is C22H38ClNO. The summed E-state index contributed by atoms with van der Waals surface area (Å²) in [6, 6.07) is 8.64. The molecule has 0 radical (unpaired) electrons. The lowest BCUT2D eigenvalue weighted by atomic mass is 9.87. The van der Waals surface area contributed by atoms with Gasteiger partial charge >= 0.3 is 0 Å². The summed E-state index contributed by atoms with van der Waals surface area (Å²) in [5.41, 5.74) is 1.58. The van der Waals surface area contributed by atoms with Gasteiger partial charge in [-0.05, 0) is 74.3 Å². The number of nitrogens with zero attached hydrogens (tertiary/aromatic N) is 1. The van der Waals surface area contributed by atoms with Crippen molar-refractivity contribution in [3.8, 4) is 5.75 Å². The first-order chi connectivity index (χ1) is 11.5. The van der Waals surface area contributed by atoms with E-state index in [0.717, 1.165) is 18.3 Å². The van der Waals surface area contributed by atoms with Crippen LogP contribution in [0.4, 0.5) is 0 Å². The Morgan fingerprint density at radius 3 is 2.24 bits per heavy atom. The highest BCUT2D eigenvalue weighted by atomic mass is 35.5. The van der Waals surface area contributed by atoms with Gasteiger partial charge in [-0.1, -0.05) is 52.7 Å². The lowest BCUT2D eigenvalue weighted by molar-refractivity contribution is 0.161. The van der Waals surface area contributed by atoms with Crippen LogP contribution in [0.5, 0.6) is 5.75 Å². The van der Waals surface area contributed by atoms with Crippen molar-refractivity contribution in [3.63, 3.8) is 0 Å². The van der Waals surface area contributed by atoms with Crippen LogP contribution in [-0.4, -0.2) is 31.1 Å². The van der Waals surface area contributed by atoms with Crippen molar-refractivity contribution in [2.24, 2.45) is 5.92 Å². The van der Waals surface area contributed by atoms with Crippen LogP contribution in [0.15, 0.2) is 24.3 Å². The number of piperidine rings is 1. The van der Waals surface area contributed by atoms with E-state index in [9.17, 15) is 0 Å². The molecule has 3 heteroatoms. The van der Waals surface area contributed by atoms with Crippen LogP contribution in [0.25, 0.3) is 0 Å². The number of ether oxygens (including phenoxy) is 1. The predicted molar refractivity (Wildman–Crippen MR) is 111 cm³/mol. The summed E-state index contributed by atoms with van der Waals surface area (Å²) in [6.45, 7) is 13.8. The van der Waals surface area contributed by atoms with Gasteiger partial charge in [0.05, 0.1) is 6.61 Å². The third-order valence-electron chi connectivity index (χ3n) is 5.30. The molecule has 1 saturated heterocycles. The molecule has 2 nitrogen and oxygen atoms in total. The average Bonchev–Trinajstić information content (AvgIpc) is 2.56. The number of halogens is 1. The van der Waals surface area contributed by atoms with Crippen LogP contribution in [0.1, 0.15) is 71.8 Å². The van der Waals surface area contributed by atoms with Gasteiger partial charge in [0.15, 0.2) is 0 Å². The van der Waals surface area contributed by atoms with E-state index < -0.39 is 0 Å². The van der Waals surface area contributed by atoms with E-state index in [2.05, 4.69) is 56.9 Å². The van der Waals surface area contributed by atoms with Crippen molar-refractivity contribution in [3.05, 3.63) is 29.8 Å². The first-order valence-corrected chi connectivity index (χ1v) is 9.94. The van der Waals surface area contributed by atoms with Gasteiger partial charge in [0, 0.05) is 0 Å². The quantitative estimate of drug-likeness (QED) is 0.516. The van der Waals surface area contributed by atoms with Gasteiger partial charge in [-0.3, -0.25) is 0 Å². The van der Waals surface area contributed by atoms with Crippen molar-refractivity contribution >= 4 is 12.4 Å². The molecule has 0 saturated carbocycles. The number of benzene rings is 1. The maximum Gasteiger partial charge on any atom is 0.119 e. The Bertz CT molecular complexity index is 458. The Hall–Kier alpha value is -0.730. The normalized spacial score (nSPS) is 16.5. The molecule has 1 fully saturated rings. The average molecular weight is 368 g/mol. The molecule has 0 bridgehead atoms. The van der Waals surface area contributed by atoms with E-state index in [4.69, 9.17) is 4.74 Å². The summed E-state index contributed by atoms with van der Waals surface area (Å²) in [5.74, 6) is 1.86. The molecule has 1 heterocycles. The van der Waals surface area contributed by atoms with Gasteiger partial charge in [-0.25, -0.2) is 0 Å². The first kappa shape index (κ1) is 22.3. The van der Waals surface area contributed by atoms with E-state index >= 15 is 0 Å². The van der Waals surface area contributed by atoms with Crippen LogP contribution in [0, 0.1) is 5.92 Å². The molecule has 0 atom stereocenters. The monoisotopic (exact) mass is 367 g/mol. The minimum atomic E-state index is 0. The molecule has 1 aromatic rings. The van der Waals surface area contributed by atoms with Crippen LogP contribution in [0.2, 0.25) is 0 Å². The molecule has 144 valence electrons. The summed E-state index contributed by atoms with van der Waals surface area (Å²) in [5, 5.41) is 0. The standard InChI is InChI=1S/C22H37NO.ClH/c1-5-6-7-15-23-16-12-19(13-17-23)14-18-24-21-10-8-20(9-11-21)22(2,3)4;/h8-11,19H,5-7,12-18H2,1-4H3;1H. The number of likely N-dealkylation sites (tertiary alicyclic amines) is 1. The zero-order valence-electron chi connectivity index (χ0n) is 16.7. The number of hydrogen-bond acceptors (Lipinski definition) is 2. The Labute approximate surface area is 161 Å². The summed E-state index contributed by atoms with van der Waals surface area (Å²) < 4.78 is 5.97. The molecule has 0 amide bonds. The van der Waals surface area contributed by atoms with Gasteiger partial charge < -0.3 is 9.64 Å². The molecule has 0 unspecified atom stereocenters. The van der Waals surface area contributed by atoms with E-state index in [1.54, 1.807) is 0 Å². The zero-order chi connectivity index (χ0) is 17.4. The molecular weight excluding hydrogens is 330 g/mol. The highest BCUT2D eigenvalue weighted by molar-refractivity contribution is 5.85. The Morgan fingerprint density at radius 1 is 1.04 bits per heavy atom. The summed E-state index contributed by atoms with van der Waals surface area (Å²) in [7, 11) is 0. The maximum absolute atomic E-state index is 5.97. The number of rotatable bonds is 8. The smallest absolute Gasteiger partial charge is 0.119 e. The lowest BCUT2D eigenvalue weighted by Crippen LogP contribution is -2.34. The van der Waals surface area contributed by atoms with Crippen LogP contribution < -0.4 is 4.74 Å². The third-order valence-corrected chi connectivity index (χ3v) is 5.30. The highest BCUT2D eigenvalue weighted by Gasteiger charge is 2.18. The minimum absolute atomic E-state index is 0. The van der Waals surface area contributed by atoms with Gasteiger partial charge in [-0.15, -0.1) is 12.4 Å². The fourth-order valence-corrected chi connectivity index (χ4v) is 3.48. The second kappa shape index (κ2) is 11.1. The van der Waals surface area contributed by atoms with E-state index in [1.165, 1.54) is 63.7 Å². The summed E-state index contributed by atoms with van der Waals surface area (Å²) in [6.07, 6.45) is 7.96. The van der Waals surface area contributed by atoms with Gasteiger partial charge in [-0.2, -0.15) is 0 Å². The van der Waals surface area contributed by atoms with Crippen molar-refractivity contribution in [2.45, 2.75) is 71.6 Å². The van der Waals surface area contributed by atoms with Crippen LogP contribution >= 0.6 is 12.4 Å². The zero-order valence-corrected chi connectivity index (χ0v) is 17.5. The predicted octanol–water partition coefficient (Wildman–Crippen LogP) is 6.08. The van der Waals surface area contributed by atoms with Crippen LogP contribution in [0.3, 0.4) is 0 Å². The highest BCUT2D eigenvalue weighted by Crippen LogP contribution is 2.25. The molecule has 1 aromatic carbocycles. The Kier molecular flexibility index (Phi) is 9.89. The molecule has 2 rings (SSSR count). The van der Waals surface area contributed by atoms with E-state index in [1.807, 2.05) is 0 Å². The van der Waals surface area contributed by atoms with Crippen LogP contribution in [-0.2, 0) is 5.41 Å². The van der Waals surface area contributed by atoms with Crippen molar-refractivity contribution < 1.29 is 4.74 Å². The largest absolute Gasteiger partial charge is 0.494 e. The van der Waals surface area contributed by atoms with Crippen molar-refractivity contribution in [1.82, 2.24) is 4.90 Å². The van der Waals surface area contributed by atoms with E-state index in [-0.39, 0.29) is 17.8 Å². The third kappa shape index (κ3) is 8.00. The SMILES string of the molecule is CCCCCN1CCC(CCOc2ccc(C(C)(C)C)cc2)CC1.Cl. The second-order valence-electron chi connectivity index (χ2n) is 8.40. The topological polar surface area (TPSA) is 12.5 Å². The number of unbranched alkanes of at least 4 members (excludes halogenated alkanes) is 2. The summed E-state index contributed by atoms with van der Waals surface area (Å²) >= 11 is 0. The van der Waals surface area contributed by atoms with Gasteiger partial charge in [0.25, 0.3) is 0 Å². The second-order valence-corrected chi connectivity index (χ2v) is 8.40. The van der Waals surface area contributed by atoms with Gasteiger partial charge in [0.1, 0.15) is 5.75 Å². The fourth-order valence-electron chi connectivity index (χ4n) is 3.48. The summed E-state index contributed by atoms with van der Waals surface area (Å²) in [4.78, 5) is 2.65. The minimum Gasteiger partial charge on any atom is -0.494 e. The van der Waals surface area contributed by atoms with E-state index in [0.29, 0.717) is 0 Å². The Morgan fingerprint density at radius 2 is 1.68 bits per heavy atom. The Balaban J connectivity index is 0.00000312. The number of hydrogen-bond donors (Lipinski definition) is 0. The maximum atomic E-state index is 5.97. The molecule has 1 aliphatic rings. The molecule has 0 spiro atoms. The van der Waals surface area contributed by atoms with Crippen molar-refractivity contribution in [2.75, 3.05) is 26.2 Å². The molecule has 0 aliphatic carbocycles. The lowest BCUT2D eigenvalue weighted by Gasteiger charge is -2.31. The van der Waals surface area contributed by atoms with Gasteiger partial charge in [0.2, 0.25) is 0 Å². The fraction of sp³-hybridized carbons (Fsp3) is 0.727. The molecule has 25 heavy (non-hydrogen) atoms. The molecule has 1 aliphatic heterocycles.